The van der Waals surface area contributed by atoms with E-state index in [-0.39, 0.29) is 0 Å². The normalized spacial score (nSPS) is 19.7. The second-order valence-corrected chi connectivity index (χ2v) is 5.57. The van der Waals surface area contributed by atoms with Crippen molar-refractivity contribution in [3.8, 4) is 0 Å². The largest absolute Gasteiger partial charge is 0.357 e. The van der Waals surface area contributed by atoms with Gasteiger partial charge in [-0.1, -0.05) is 6.92 Å². The van der Waals surface area contributed by atoms with Gasteiger partial charge in [0.25, 0.3) is 0 Å². The molecule has 1 N–H and O–H groups in total. The molecule has 0 radical (unpaired) electrons. The van der Waals surface area contributed by atoms with Crippen LogP contribution >= 0.6 is 11.3 Å². The van der Waals surface area contributed by atoms with Gasteiger partial charge in [0.05, 0.1) is 10.2 Å². The third-order valence-corrected chi connectivity index (χ3v) is 4.53. The van der Waals surface area contributed by atoms with Gasteiger partial charge in [-0.05, 0) is 30.7 Å². The number of rotatable bonds is 3. The van der Waals surface area contributed by atoms with Crippen LogP contribution in [-0.4, -0.2) is 29.6 Å². The Morgan fingerprint density at radius 3 is 3.17 bits per heavy atom. The first kappa shape index (κ1) is 11.7. The molecule has 1 fully saturated rings. The molecule has 2 aromatic heterocycles. The predicted molar refractivity (Wildman–Crippen MR) is 77.6 cm³/mol. The molecule has 0 aromatic carbocycles. The highest BCUT2D eigenvalue weighted by molar-refractivity contribution is 7.17. The van der Waals surface area contributed by atoms with Crippen molar-refractivity contribution in [3.63, 3.8) is 0 Å². The van der Waals surface area contributed by atoms with Crippen molar-refractivity contribution >= 4 is 33.3 Å². The van der Waals surface area contributed by atoms with E-state index in [1.54, 1.807) is 11.3 Å². The molecule has 3 heterocycles. The van der Waals surface area contributed by atoms with Crippen LogP contribution in [0.3, 0.4) is 0 Å². The standard InChI is InChI=1S/C13H18N4S/c1-3-9-5-4-7-17(9)12-11-10(6-8-18-11)15-13(14-2)16-12/h6,8-9H,3-5,7H2,1-2H3,(H,14,15,16). The fourth-order valence-corrected chi connectivity index (χ4v) is 3.53. The summed E-state index contributed by atoms with van der Waals surface area (Å²) in [5.41, 5.74) is 1.05. The van der Waals surface area contributed by atoms with E-state index in [2.05, 4.69) is 38.6 Å². The third kappa shape index (κ3) is 1.82. The van der Waals surface area contributed by atoms with Crippen LogP contribution in [0.1, 0.15) is 26.2 Å². The van der Waals surface area contributed by atoms with Crippen LogP contribution in [0.5, 0.6) is 0 Å². The van der Waals surface area contributed by atoms with E-state index in [1.165, 1.54) is 24.0 Å². The second-order valence-electron chi connectivity index (χ2n) is 4.65. The van der Waals surface area contributed by atoms with Crippen molar-refractivity contribution in [2.45, 2.75) is 32.2 Å². The fraction of sp³-hybridized carbons (Fsp3) is 0.538. The molecule has 1 atom stereocenters. The summed E-state index contributed by atoms with van der Waals surface area (Å²) >= 11 is 1.74. The van der Waals surface area contributed by atoms with Gasteiger partial charge in [-0.15, -0.1) is 11.3 Å². The maximum absolute atomic E-state index is 4.69. The lowest BCUT2D eigenvalue weighted by Crippen LogP contribution is -2.29. The smallest absolute Gasteiger partial charge is 0.225 e. The highest BCUT2D eigenvalue weighted by Crippen LogP contribution is 2.34. The van der Waals surface area contributed by atoms with Crippen molar-refractivity contribution < 1.29 is 0 Å². The lowest BCUT2D eigenvalue weighted by atomic mass is 10.2. The quantitative estimate of drug-likeness (QED) is 0.922. The zero-order valence-corrected chi connectivity index (χ0v) is 11.6. The van der Waals surface area contributed by atoms with Crippen molar-refractivity contribution in [3.05, 3.63) is 11.4 Å². The number of hydrogen-bond acceptors (Lipinski definition) is 5. The molecule has 0 saturated carbocycles. The average molecular weight is 262 g/mol. The number of nitrogens with one attached hydrogen (secondary N) is 1. The van der Waals surface area contributed by atoms with Gasteiger partial charge in [0.15, 0.2) is 5.82 Å². The predicted octanol–water partition coefficient (Wildman–Crippen LogP) is 3.11. The minimum Gasteiger partial charge on any atom is -0.357 e. The Hall–Kier alpha value is -1.36. The van der Waals surface area contributed by atoms with Crippen molar-refractivity contribution in [2.24, 2.45) is 0 Å². The Morgan fingerprint density at radius 2 is 2.39 bits per heavy atom. The molecule has 0 aliphatic carbocycles. The fourth-order valence-electron chi connectivity index (χ4n) is 2.69. The molecular weight excluding hydrogens is 244 g/mol. The van der Waals surface area contributed by atoms with E-state index in [0.29, 0.717) is 6.04 Å². The van der Waals surface area contributed by atoms with Gasteiger partial charge in [-0.2, -0.15) is 4.98 Å². The lowest BCUT2D eigenvalue weighted by molar-refractivity contribution is 0.642. The second kappa shape index (κ2) is 4.72. The minimum atomic E-state index is 0.634. The van der Waals surface area contributed by atoms with E-state index >= 15 is 0 Å². The van der Waals surface area contributed by atoms with E-state index in [1.807, 2.05) is 7.05 Å². The topological polar surface area (TPSA) is 41.1 Å². The first-order chi connectivity index (χ1) is 8.83. The average Bonchev–Trinajstić information content (AvgIpc) is 3.05. The number of thiophene rings is 1. The molecule has 1 aliphatic rings. The van der Waals surface area contributed by atoms with E-state index in [9.17, 15) is 0 Å². The molecule has 4 nitrogen and oxygen atoms in total. The summed E-state index contributed by atoms with van der Waals surface area (Å²) in [4.78, 5) is 11.6. The molecule has 1 saturated heterocycles. The summed E-state index contributed by atoms with van der Waals surface area (Å²) in [6, 6.07) is 2.71. The Kier molecular flexibility index (Phi) is 3.07. The molecule has 0 spiro atoms. The Bertz CT molecular complexity index is 551. The monoisotopic (exact) mass is 262 g/mol. The summed E-state index contributed by atoms with van der Waals surface area (Å²) in [5, 5.41) is 5.16. The van der Waals surface area contributed by atoms with E-state index in [0.717, 1.165) is 23.8 Å². The molecule has 96 valence electrons. The third-order valence-electron chi connectivity index (χ3n) is 3.63. The summed E-state index contributed by atoms with van der Waals surface area (Å²) < 4.78 is 1.22. The molecular formula is C13H18N4S. The first-order valence-electron chi connectivity index (χ1n) is 6.53. The lowest BCUT2D eigenvalue weighted by Gasteiger charge is -2.25. The molecule has 1 aliphatic heterocycles. The minimum absolute atomic E-state index is 0.634. The van der Waals surface area contributed by atoms with Gasteiger partial charge in [-0.3, -0.25) is 0 Å². The molecule has 0 bridgehead atoms. The first-order valence-corrected chi connectivity index (χ1v) is 7.41. The highest BCUT2D eigenvalue weighted by atomic mass is 32.1. The van der Waals surface area contributed by atoms with Crippen molar-refractivity contribution in [2.75, 3.05) is 23.8 Å². The summed E-state index contributed by atoms with van der Waals surface area (Å²) in [6.45, 7) is 3.38. The zero-order valence-electron chi connectivity index (χ0n) is 10.8. The van der Waals surface area contributed by atoms with Crippen molar-refractivity contribution in [1.82, 2.24) is 9.97 Å². The molecule has 2 aromatic rings. The van der Waals surface area contributed by atoms with Crippen LogP contribution < -0.4 is 10.2 Å². The van der Waals surface area contributed by atoms with E-state index < -0.39 is 0 Å². The Morgan fingerprint density at radius 1 is 1.50 bits per heavy atom. The van der Waals surface area contributed by atoms with Crippen LogP contribution in [0.25, 0.3) is 10.2 Å². The zero-order chi connectivity index (χ0) is 12.5. The number of hydrogen-bond donors (Lipinski definition) is 1. The molecule has 5 heteroatoms. The van der Waals surface area contributed by atoms with E-state index in [4.69, 9.17) is 0 Å². The van der Waals surface area contributed by atoms with Crippen LogP contribution in [0.15, 0.2) is 11.4 Å². The van der Waals surface area contributed by atoms with Gasteiger partial charge in [0.1, 0.15) is 0 Å². The SMILES string of the molecule is CCC1CCCN1c1nc(NC)nc2ccsc12. The number of fused-ring (bicyclic) bond motifs is 1. The van der Waals surface area contributed by atoms with Gasteiger partial charge in [0.2, 0.25) is 5.95 Å². The molecule has 1 unspecified atom stereocenters. The van der Waals surface area contributed by atoms with Gasteiger partial charge < -0.3 is 10.2 Å². The Balaban J connectivity index is 2.11. The maximum Gasteiger partial charge on any atom is 0.225 e. The van der Waals surface area contributed by atoms with Gasteiger partial charge in [-0.25, -0.2) is 4.98 Å². The van der Waals surface area contributed by atoms with Gasteiger partial charge >= 0.3 is 0 Å². The number of anilines is 2. The molecule has 18 heavy (non-hydrogen) atoms. The van der Waals surface area contributed by atoms with Crippen LogP contribution in [0.4, 0.5) is 11.8 Å². The maximum atomic E-state index is 4.69. The van der Waals surface area contributed by atoms with Crippen molar-refractivity contribution in [1.29, 1.82) is 0 Å². The van der Waals surface area contributed by atoms with Crippen LogP contribution in [0, 0.1) is 0 Å². The number of aromatic nitrogens is 2. The molecule has 3 rings (SSSR count). The summed E-state index contributed by atoms with van der Waals surface area (Å²) in [6.07, 6.45) is 3.73. The van der Waals surface area contributed by atoms with Crippen LogP contribution in [-0.2, 0) is 0 Å². The van der Waals surface area contributed by atoms with Crippen LogP contribution in [0.2, 0.25) is 0 Å². The number of nitrogens with zero attached hydrogens (tertiary/aromatic N) is 3. The Labute approximate surface area is 111 Å². The summed E-state index contributed by atoms with van der Waals surface area (Å²) in [5.74, 6) is 1.83. The highest BCUT2D eigenvalue weighted by Gasteiger charge is 2.26. The summed E-state index contributed by atoms with van der Waals surface area (Å²) in [7, 11) is 1.87. The van der Waals surface area contributed by atoms with Gasteiger partial charge in [0, 0.05) is 19.6 Å². The molecule has 0 amide bonds.